The number of nitrogens with zero attached hydrogens (tertiary/aromatic N) is 2. The van der Waals surface area contributed by atoms with Gasteiger partial charge in [-0.3, -0.25) is 9.48 Å². The maximum atomic E-state index is 13.4. The zero-order valence-corrected chi connectivity index (χ0v) is 11.4. The molecule has 2 N–H and O–H groups in total. The summed E-state index contributed by atoms with van der Waals surface area (Å²) >= 11 is 0. The largest absolute Gasteiger partial charge is 0.386 e. The Balaban J connectivity index is 1.88. The number of aliphatic hydroxyl groups is 1. The number of carbonyl (C=O) groups excluding carboxylic acids is 1. The molecule has 2 rings (SSSR count). The highest BCUT2D eigenvalue weighted by Crippen LogP contribution is 2.17. The molecule has 21 heavy (non-hydrogen) atoms. The van der Waals surface area contributed by atoms with Gasteiger partial charge in [0.05, 0.1) is 12.3 Å². The number of halogens is 2. The summed E-state index contributed by atoms with van der Waals surface area (Å²) in [6, 6.07) is 2.89. The zero-order valence-electron chi connectivity index (χ0n) is 11.4. The first-order valence-corrected chi connectivity index (χ1v) is 6.34. The summed E-state index contributed by atoms with van der Waals surface area (Å²) in [5, 5.41) is 16.2. The molecule has 1 atom stereocenters. The summed E-state index contributed by atoms with van der Waals surface area (Å²) in [7, 11) is 0. The molecule has 1 heterocycles. The lowest BCUT2D eigenvalue weighted by atomic mass is 10.1. The Labute approximate surface area is 120 Å². The second-order valence-electron chi connectivity index (χ2n) is 4.70. The number of amides is 1. The van der Waals surface area contributed by atoms with E-state index in [4.69, 9.17) is 0 Å². The van der Waals surface area contributed by atoms with Crippen LogP contribution in [-0.4, -0.2) is 27.3 Å². The van der Waals surface area contributed by atoms with Crippen LogP contribution in [0.3, 0.4) is 0 Å². The van der Waals surface area contributed by atoms with Crippen molar-refractivity contribution in [1.82, 2.24) is 15.1 Å². The quantitative estimate of drug-likeness (QED) is 0.874. The fourth-order valence-electron chi connectivity index (χ4n) is 1.85. The van der Waals surface area contributed by atoms with Crippen molar-refractivity contribution < 1.29 is 18.7 Å². The first kappa shape index (κ1) is 15.1. The third-order valence-corrected chi connectivity index (χ3v) is 2.88. The molecule has 0 fully saturated rings. The average molecular weight is 295 g/mol. The van der Waals surface area contributed by atoms with Gasteiger partial charge in [-0.25, -0.2) is 8.78 Å². The van der Waals surface area contributed by atoms with Crippen LogP contribution in [0.2, 0.25) is 0 Å². The molecule has 0 aliphatic carbocycles. The van der Waals surface area contributed by atoms with Crippen molar-refractivity contribution in [2.24, 2.45) is 0 Å². The van der Waals surface area contributed by atoms with Gasteiger partial charge in [0.25, 0.3) is 0 Å². The number of hydrogen-bond donors (Lipinski definition) is 2. The van der Waals surface area contributed by atoms with Crippen LogP contribution >= 0.6 is 0 Å². The van der Waals surface area contributed by atoms with Gasteiger partial charge < -0.3 is 10.4 Å². The number of aromatic nitrogens is 2. The third-order valence-electron chi connectivity index (χ3n) is 2.88. The standard InChI is InChI=1S/C14H15F2N3O2/c1-9-5-18-19(7-9)8-14(21)17-6-13(20)11-3-2-10(15)4-12(11)16/h2-5,7,13,20H,6,8H2,1H3,(H,17,21)/t13-/m1/s1. The lowest BCUT2D eigenvalue weighted by molar-refractivity contribution is -0.122. The highest BCUT2D eigenvalue weighted by molar-refractivity contribution is 5.75. The first-order chi connectivity index (χ1) is 9.95. The summed E-state index contributed by atoms with van der Waals surface area (Å²) in [6.07, 6.45) is 2.08. The smallest absolute Gasteiger partial charge is 0.241 e. The number of aryl methyl sites for hydroxylation is 1. The minimum Gasteiger partial charge on any atom is -0.386 e. The Morgan fingerprint density at radius 3 is 2.86 bits per heavy atom. The molecule has 0 bridgehead atoms. The monoisotopic (exact) mass is 295 g/mol. The fourth-order valence-corrected chi connectivity index (χ4v) is 1.85. The molecule has 0 radical (unpaired) electrons. The van der Waals surface area contributed by atoms with E-state index in [0.29, 0.717) is 6.07 Å². The topological polar surface area (TPSA) is 67.2 Å². The first-order valence-electron chi connectivity index (χ1n) is 6.34. The van der Waals surface area contributed by atoms with Crippen LogP contribution < -0.4 is 5.32 Å². The highest BCUT2D eigenvalue weighted by atomic mass is 19.1. The SMILES string of the molecule is Cc1cnn(CC(=O)NC[C@@H](O)c2ccc(F)cc2F)c1. The number of nitrogens with one attached hydrogen (secondary N) is 1. The van der Waals surface area contributed by atoms with E-state index in [2.05, 4.69) is 10.4 Å². The fraction of sp³-hybridized carbons (Fsp3) is 0.286. The predicted octanol–water partition coefficient (Wildman–Crippen LogP) is 1.32. The molecule has 0 unspecified atom stereocenters. The van der Waals surface area contributed by atoms with Gasteiger partial charge in [0.2, 0.25) is 5.91 Å². The normalized spacial score (nSPS) is 12.2. The molecule has 5 nitrogen and oxygen atoms in total. The van der Waals surface area contributed by atoms with Crippen molar-refractivity contribution in [3.05, 3.63) is 53.4 Å². The number of hydrogen-bond acceptors (Lipinski definition) is 3. The summed E-state index contributed by atoms with van der Waals surface area (Å²) < 4.78 is 27.7. The molecular weight excluding hydrogens is 280 g/mol. The maximum Gasteiger partial charge on any atom is 0.241 e. The lowest BCUT2D eigenvalue weighted by Gasteiger charge is -2.13. The van der Waals surface area contributed by atoms with E-state index in [1.807, 2.05) is 6.92 Å². The Kier molecular flexibility index (Phi) is 4.64. The zero-order chi connectivity index (χ0) is 15.4. The number of rotatable bonds is 5. The van der Waals surface area contributed by atoms with Crippen molar-refractivity contribution in [3.63, 3.8) is 0 Å². The van der Waals surface area contributed by atoms with Gasteiger partial charge in [-0.1, -0.05) is 6.07 Å². The van der Waals surface area contributed by atoms with Crippen molar-refractivity contribution in [1.29, 1.82) is 0 Å². The molecule has 1 aromatic carbocycles. The maximum absolute atomic E-state index is 13.4. The van der Waals surface area contributed by atoms with Gasteiger partial charge >= 0.3 is 0 Å². The van der Waals surface area contributed by atoms with E-state index in [-0.39, 0.29) is 24.6 Å². The molecule has 0 saturated heterocycles. The Morgan fingerprint density at radius 1 is 1.48 bits per heavy atom. The van der Waals surface area contributed by atoms with Crippen LogP contribution in [0.5, 0.6) is 0 Å². The van der Waals surface area contributed by atoms with E-state index in [1.165, 1.54) is 4.68 Å². The van der Waals surface area contributed by atoms with Crippen LogP contribution in [0.1, 0.15) is 17.2 Å². The van der Waals surface area contributed by atoms with Gasteiger partial charge in [-0.15, -0.1) is 0 Å². The predicted molar refractivity (Wildman–Crippen MR) is 71.3 cm³/mol. The molecule has 2 aromatic rings. The summed E-state index contributed by atoms with van der Waals surface area (Å²) in [4.78, 5) is 11.7. The molecule has 0 aliphatic rings. The molecule has 7 heteroatoms. The van der Waals surface area contributed by atoms with Gasteiger partial charge in [0.15, 0.2) is 0 Å². The minimum atomic E-state index is -1.24. The van der Waals surface area contributed by atoms with Gasteiger partial charge in [-0.2, -0.15) is 5.10 Å². The van der Waals surface area contributed by atoms with Crippen molar-refractivity contribution >= 4 is 5.91 Å². The van der Waals surface area contributed by atoms with Crippen molar-refractivity contribution in [2.45, 2.75) is 19.6 Å². The summed E-state index contributed by atoms with van der Waals surface area (Å²) in [6.45, 7) is 1.69. The molecule has 112 valence electrons. The average Bonchev–Trinajstić information content (AvgIpc) is 2.81. The highest BCUT2D eigenvalue weighted by Gasteiger charge is 2.14. The van der Waals surface area contributed by atoms with Gasteiger partial charge in [0.1, 0.15) is 18.2 Å². The second-order valence-corrected chi connectivity index (χ2v) is 4.70. The minimum absolute atomic E-state index is 0.00641. The molecule has 1 aromatic heterocycles. The Morgan fingerprint density at radius 2 is 2.24 bits per heavy atom. The molecule has 0 spiro atoms. The Bertz CT molecular complexity index is 643. The molecule has 1 amide bonds. The molecule has 0 saturated carbocycles. The number of carbonyl (C=O) groups is 1. The molecular formula is C14H15F2N3O2. The van der Waals surface area contributed by atoms with Crippen LogP contribution in [0.15, 0.2) is 30.6 Å². The lowest BCUT2D eigenvalue weighted by Crippen LogP contribution is -2.31. The van der Waals surface area contributed by atoms with E-state index < -0.39 is 17.7 Å². The van der Waals surface area contributed by atoms with Crippen molar-refractivity contribution in [3.8, 4) is 0 Å². The van der Waals surface area contributed by atoms with E-state index >= 15 is 0 Å². The van der Waals surface area contributed by atoms with E-state index in [0.717, 1.165) is 17.7 Å². The third kappa shape index (κ3) is 4.09. The van der Waals surface area contributed by atoms with E-state index in [9.17, 15) is 18.7 Å². The van der Waals surface area contributed by atoms with Gasteiger partial charge in [-0.05, 0) is 18.6 Å². The second kappa shape index (κ2) is 6.45. The van der Waals surface area contributed by atoms with Crippen LogP contribution in [0.25, 0.3) is 0 Å². The van der Waals surface area contributed by atoms with Crippen LogP contribution in [0.4, 0.5) is 8.78 Å². The van der Waals surface area contributed by atoms with Crippen LogP contribution in [-0.2, 0) is 11.3 Å². The summed E-state index contributed by atoms with van der Waals surface area (Å²) in [5.41, 5.74) is 0.864. The van der Waals surface area contributed by atoms with Gasteiger partial charge in [0, 0.05) is 24.4 Å². The number of benzene rings is 1. The Hall–Kier alpha value is -2.28. The molecule has 0 aliphatic heterocycles. The summed E-state index contributed by atoms with van der Waals surface area (Å²) in [5.74, 6) is -1.93. The number of aliphatic hydroxyl groups excluding tert-OH is 1. The van der Waals surface area contributed by atoms with Crippen molar-refractivity contribution in [2.75, 3.05) is 6.54 Å². The van der Waals surface area contributed by atoms with Crippen LogP contribution in [0, 0.1) is 18.6 Å². The van der Waals surface area contributed by atoms with E-state index in [1.54, 1.807) is 12.4 Å².